The molecule has 0 aliphatic rings. The maximum atomic E-state index is 11.6. The number of imidazole rings is 1. The number of aromatic nitrogens is 2. The summed E-state index contributed by atoms with van der Waals surface area (Å²) in [6, 6.07) is 13.9. The molecule has 0 radical (unpaired) electrons. The highest BCUT2D eigenvalue weighted by Crippen LogP contribution is 2.28. The summed E-state index contributed by atoms with van der Waals surface area (Å²) in [6.07, 6.45) is 0. The number of nitrogens with zero attached hydrogens (tertiary/aromatic N) is 2. The smallest absolute Gasteiger partial charge is 0.257 e. The first-order valence-corrected chi connectivity index (χ1v) is 9.81. The Kier molecular flexibility index (Phi) is 7.08. The third-order valence-electron chi connectivity index (χ3n) is 4.65. The first-order chi connectivity index (χ1) is 14.1. The van der Waals surface area contributed by atoms with Crippen molar-refractivity contribution in [2.75, 3.05) is 26.8 Å². The van der Waals surface area contributed by atoms with Gasteiger partial charge >= 0.3 is 0 Å². The standard InChI is InChI=1S/C22H28N4O3/c1-4-24-22(27)15-29-20-10-9-17(13-21(20)28-3)14-23-11-12-26-16(2)25-18-7-5-6-8-19(18)26/h5-10,13,23H,4,11-12,14-15H2,1-3H3,(H,24,27). The summed E-state index contributed by atoms with van der Waals surface area (Å²) in [5, 5.41) is 6.16. The van der Waals surface area contributed by atoms with Crippen molar-refractivity contribution in [2.24, 2.45) is 0 Å². The third-order valence-corrected chi connectivity index (χ3v) is 4.65. The van der Waals surface area contributed by atoms with Gasteiger partial charge in [-0.1, -0.05) is 18.2 Å². The molecule has 0 fully saturated rings. The van der Waals surface area contributed by atoms with Crippen molar-refractivity contribution in [1.29, 1.82) is 0 Å². The highest BCUT2D eigenvalue weighted by atomic mass is 16.5. The molecule has 2 aromatic carbocycles. The summed E-state index contributed by atoms with van der Waals surface area (Å²) < 4.78 is 13.2. The summed E-state index contributed by atoms with van der Waals surface area (Å²) in [5.41, 5.74) is 3.26. The molecule has 0 saturated heterocycles. The summed E-state index contributed by atoms with van der Waals surface area (Å²) in [5.74, 6) is 2.04. The van der Waals surface area contributed by atoms with E-state index in [1.54, 1.807) is 7.11 Å². The van der Waals surface area contributed by atoms with Crippen LogP contribution in [0.25, 0.3) is 11.0 Å². The van der Waals surface area contributed by atoms with Crippen molar-refractivity contribution in [2.45, 2.75) is 26.9 Å². The Morgan fingerprint density at radius 2 is 2.00 bits per heavy atom. The zero-order valence-electron chi connectivity index (χ0n) is 17.2. The van der Waals surface area contributed by atoms with Gasteiger partial charge in [0.2, 0.25) is 0 Å². The number of nitrogens with one attached hydrogen (secondary N) is 2. The highest BCUT2D eigenvalue weighted by Gasteiger charge is 2.09. The fraction of sp³-hybridized carbons (Fsp3) is 0.364. The van der Waals surface area contributed by atoms with E-state index in [0.717, 1.165) is 35.5 Å². The van der Waals surface area contributed by atoms with E-state index in [9.17, 15) is 4.79 Å². The largest absolute Gasteiger partial charge is 0.493 e. The SMILES string of the molecule is CCNC(=O)COc1ccc(CNCCn2c(C)nc3ccccc32)cc1OC. The molecule has 3 aromatic rings. The Bertz CT molecular complexity index is 968. The molecule has 0 spiro atoms. The van der Waals surface area contributed by atoms with E-state index in [1.807, 2.05) is 50.2 Å². The van der Waals surface area contributed by atoms with Gasteiger partial charge in [0.15, 0.2) is 18.1 Å². The lowest BCUT2D eigenvalue weighted by molar-refractivity contribution is -0.123. The van der Waals surface area contributed by atoms with E-state index in [-0.39, 0.29) is 12.5 Å². The molecule has 0 aliphatic carbocycles. The van der Waals surface area contributed by atoms with Crippen molar-refractivity contribution < 1.29 is 14.3 Å². The Balaban J connectivity index is 1.54. The number of aryl methyl sites for hydroxylation is 1. The molecule has 7 heteroatoms. The lowest BCUT2D eigenvalue weighted by Crippen LogP contribution is -2.28. The number of fused-ring (bicyclic) bond motifs is 1. The molecule has 3 rings (SSSR count). The normalized spacial score (nSPS) is 10.9. The Labute approximate surface area is 171 Å². The van der Waals surface area contributed by atoms with Crippen molar-refractivity contribution in [1.82, 2.24) is 20.2 Å². The molecule has 0 unspecified atom stereocenters. The molecular formula is C22H28N4O3. The molecule has 1 heterocycles. The van der Waals surface area contributed by atoms with Crippen LogP contribution in [-0.2, 0) is 17.9 Å². The van der Waals surface area contributed by atoms with Crippen molar-refractivity contribution in [3.8, 4) is 11.5 Å². The van der Waals surface area contributed by atoms with Gasteiger partial charge in [0.25, 0.3) is 5.91 Å². The van der Waals surface area contributed by atoms with Gasteiger partial charge in [-0.25, -0.2) is 4.98 Å². The molecule has 0 atom stereocenters. The monoisotopic (exact) mass is 396 g/mol. The van der Waals surface area contributed by atoms with Gasteiger partial charge in [-0.05, 0) is 43.7 Å². The van der Waals surface area contributed by atoms with Gasteiger partial charge in [-0.3, -0.25) is 4.79 Å². The van der Waals surface area contributed by atoms with E-state index < -0.39 is 0 Å². The van der Waals surface area contributed by atoms with Gasteiger partial charge in [-0.15, -0.1) is 0 Å². The minimum Gasteiger partial charge on any atom is -0.493 e. The molecule has 0 saturated carbocycles. The van der Waals surface area contributed by atoms with Crippen molar-refractivity contribution in [3.05, 3.63) is 53.9 Å². The van der Waals surface area contributed by atoms with Crippen LogP contribution in [0.2, 0.25) is 0 Å². The second-order valence-corrected chi connectivity index (χ2v) is 6.70. The average molecular weight is 396 g/mol. The van der Waals surface area contributed by atoms with Crippen LogP contribution in [0.3, 0.4) is 0 Å². The fourth-order valence-corrected chi connectivity index (χ4v) is 3.23. The predicted octanol–water partition coefficient (Wildman–Crippen LogP) is 2.66. The minimum absolute atomic E-state index is 0.0278. The zero-order valence-corrected chi connectivity index (χ0v) is 17.2. The fourth-order valence-electron chi connectivity index (χ4n) is 3.23. The number of amides is 1. The van der Waals surface area contributed by atoms with Gasteiger partial charge in [0.1, 0.15) is 5.82 Å². The average Bonchev–Trinajstić information content (AvgIpc) is 3.05. The van der Waals surface area contributed by atoms with Crippen molar-refractivity contribution >= 4 is 16.9 Å². The molecule has 29 heavy (non-hydrogen) atoms. The van der Waals surface area contributed by atoms with Crippen LogP contribution >= 0.6 is 0 Å². The second kappa shape index (κ2) is 9.93. The summed E-state index contributed by atoms with van der Waals surface area (Å²) >= 11 is 0. The molecule has 1 amide bonds. The van der Waals surface area contributed by atoms with Crippen LogP contribution in [0.4, 0.5) is 0 Å². The molecule has 154 valence electrons. The number of ether oxygens (including phenoxy) is 2. The molecule has 0 aliphatic heterocycles. The van der Waals surface area contributed by atoms with Crippen LogP contribution < -0.4 is 20.1 Å². The number of hydrogen-bond donors (Lipinski definition) is 2. The van der Waals surface area contributed by atoms with E-state index >= 15 is 0 Å². The summed E-state index contributed by atoms with van der Waals surface area (Å²) in [6.45, 7) is 6.83. The van der Waals surface area contributed by atoms with Crippen LogP contribution in [0.5, 0.6) is 11.5 Å². The first-order valence-electron chi connectivity index (χ1n) is 9.81. The Morgan fingerprint density at radius 3 is 2.79 bits per heavy atom. The highest BCUT2D eigenvalue weighted by molar-refractivity contribution is 5.77. The quantitative estimate of drug-likeness (QED) is 0.515. The first kappa shape index (κ1) is 20.7. The van der Waals surface area contributed by atoms with E-state index in [2.05, 4.69) is 26.3 Å². The van der Waals surface area contributed by atoms with Crippen LogP contribution in [0, 0.1) is 6.92 Å². The third kappa shape index (κ3) is 5.26. The maximum Gasteiger partial charge on any atom is 0.257 e. The zero-order chi connectivity index (χ0) is 20.6. The molecule has 7 nitrogen and oxygen atoms in total. The second-order valence-electron chi connectivity index (χ2n) is 6.70. The van der Waals surface area contributed by atoms with Gasteiger partial charge in [0, 0.05) is 26.2 Å². The predicted molar refractivity (Wildman–Crippen MR) is 113 cm³/mol. The van der Waals surface area contributed by atoms with Crippen LogP contribution in [0.1, 0.15) is 18.3 Å². The topological polar surface area (TPSA) is 77.4 Å². The van der Waals surface area contributed by atoms with Gasteiger partial charge in [0.05, 0.1) is 18.1 Å². The minimum atomic E-state index is -0.150. The molecule has 2 N–H and O–H groups in total. The molecular weight excluding hydrogens is 368 g/mol. The summed E-state index contributed by atoms with van der Waals surface area (Å²) in [7, 11) is 1.60. The Morgan fingerprint density at radius 1 is 1.17 bits per heavy atom. The number of hydrogen-bond acceptors (Lipinski definition) is 5. The number of methoxy groups -OCH3 is 1. The lowest BCUT2D eigenvalue weighted by atomic mass is 10.2. The Hall–Kier alpha value is -3.06. The van der Waals surface area contributed by atoms with Gasteiger partial charge in [-0.2, -0.15) is 0 Å². The van der Waals surface area contributed by atoms with Crippen LogP contribution in [0.15, 0.2) is 42.5 Å². The lowest BCUT2D eigenvalue weighted by Gasteiger charge is -2.13. The molecule has 0 bridgehead atoms. The summed E-state index contributed by atoms with van der Waals surface area (Å²) in [4.78, 5) is 16.2. The molecule has 1 aromatic heterocycles. The van der Waals surface area contributed by atoms with E-state index in [4.69, 9.17) is 9.47 Å². The maximum absolute atomic E-state index is 11.6. The van der Waals surface area contributed by atoms with E-state index in [0.29, 0.717) is 24.6 Å². The van der Waals surface area contributed by atoms with Gasteiger partial charge < -0.3 is 24.7 Å². The van der Waals surface area contributed by atoms with Crippen molar-refractivity contribution in [3.63, 3.8) is 0 Å². The number of carbonyl (C=O) groups excluding carboxylic acids is 1. The number of rotatable bonds is 10. The van der Waals surface area contributed by atoms with Crippen LogP contribution in [-0.4, -0.2) is 42.3 Å². The number of para-hydroxylation sites is 2. The number of benzene rings is 2. The van der Waals surface area contributed by atoms with E-state index in [1.165, 1.54) is 0 Å². The number of likely N-dealkylation sites (N-methyl/N-ethyl adjacent to an activating group) is 1. The number of carbonyl (C=O) groups is 1.